The fraction of sp³-hybridized carbons (Fsp3) is 0.714. The number of carbonyl (C=O) groups is 1. The first-order valence-electron chi connectivity index (χ1n) is 6.47. The maximum absolute atomic E-state index is 11.2. The normalized spacial score (nSPS) is 22.8. The lowest BCUT2D eigenvalue weighted by Crippen LogP contribution is -2.23. The molecule has 0 spiro atoms. The quantitative estimate of drug-likeness (QED) is 0.588. The van der Waals surface area contributed by atoms with Gasteiger partial charge in [0, 0.05) is 5.57 Å². The van der Waals surface area contributed by atoms with Crippen molar-refractivity contribution in [2.75, 3.05) is 0 Å². The van der Waals surface area contributed by atoms with Crippen LogP contribution in [0.5, 0.6) is 0 Å². The van der Waals surface area contributed by atoms with Crippen molar-refractivity contribution >= 4 is 11.7 Å². The first kappa shape index (κ1) is 12.3. The molecule has 94 valence electrons. The zero-order chi connectivity index (χ0) is 12.6. The number of ketones is 1. The minimum absolute atomic E-state index is 0.0195. The largest absolute Gasteiger partial charge is 0.467 e. The Hall–Kier alpha value is -1.12. The van der Waals surface area contributed by atoms with E-state index in [9.17, 15) is 4.79 Å². The van der Waals surface area contributed by atoms with Gasteiger partial charge in [0.05, 0.1) is 0 Å². The van der Waals surface area contributed by atoms with Crippen LogP contribution in [0.2, 0.25) is 0 Å². The topological polar surface area (TPSA) is 50.2 Å². The van der Waals surface area contributed by atoms with Crippen LogP contribution >= 0.6 is 0 Å². The van der Waals surface area contributed by atoms with E-state index in [0.29, 0.717) is 11.8 Å². The molecule has 0 aromatic rings. The second-order valence-electron chi connectivity index (χ2n) is 5.35. The van der Waals surface area contributed by atoms with Crippen LogP contribution in [0.15, 0.2) is 11.1 Å². The summed E-state index contributed by atoms with van der Waals surface area (Å²) < 4.78 is 5.45. The van der Waals surface area contributed by atoms with Crippen molar-refractivity contribution < 1.29 is 9.53 Å². The Morgan fingerprint density at radius 3 is 2.12 bits per heavy atom. The molecule has 0 radical (unpaired) electrons. The molecule has 0 aliphatic heterocycles. The average Bonchev–Trinajstić information content (AvgIpc) is 3.11. The summed E-state index contributed by atoms with van der Waals surface area (Å²) in [5.41, 5.74) is 2.41. The van der Waals surface area contributed by atoms with E-state index in [2.05, 4.69) is 6.92 Å². The fourth-order valence-electron chi connectivity index (χ4n) is 2.12. The number of rotatable bonds is 5. The lowest BCUT2D eigenvalue weighted by atomic mass is 10.0. The zero-order valence-electron chi connectivity index (χ0n) is 10.9. The van der Waals surface area contributed by atoms with Crippen molar-refractivity contribution in [3.63, 3.8) is 0 Å². The second kappa shape index (κ2) is 4.63. The maximum Gasteiger partial charge on any atom is 0.209 e. The highest BCUT2D eigenvalue weighted by atomic mass is 16.5. The summed E-state index contributed by atoms with van der Waals surface area (Å²) in [5.74, 6) is 1.40. The maximum atomic E-state index is 11.2. The van der Waals surface area contributed by atoms with Gasteiger partial charge in [0.25, 0.3) is 0 Å². The molecule has 0 aromatic carbocycles. The molecule has 0 heterocycles. The van der Waals surface area contributed by atoms with E-state index in [4.69, 9.17) is 10.1 Å². The van der Waals surface area contributed by atoms with E-state index in [1.807, 2.05) is 0 Å². The van der Waals surface area contributed by atoms with Gasteiger partial charge in [-0.3, -0.25) is 10.2 Å². The second-order valence-corrected chi connectivity index (χ2v) is 5.35. The van der Waals surface area contributed by atoms with Crippen molar-refractivity contribution in [1.29, 1.82) is 5.41 Å². The summed E-state index contributed by atoms with van der Waals surface area (Å²) in [6.45, 7) is 5.35. The van der Waals surface area contributed by atoms with Gasteiger partial charge in [-0.2, -0.15) is 0 Å². The van der Waals surface area contributed by atoms with Gasteiger partial charge in [-0.05, 0) is 58.3 Å². The fourth-order valence-corrected chi connectivity index (χ4v) is 2.12. The molecule has 2 aliphatic rings. The molecule has 17 heavy (non-hydrogen) atoms. The molecule has 2 aliphatic carbocycles. The van der Waals surface area contributed by atoms with Crippen molar-refractivity contribution in [2.45, 2.75) is 52.6 Å². The highest BCUT2D eigenvalue weighted by Gasteiger charge is 2.36. The third-order valence-corrected chi connectivity index (χ3v) is 3.71. The minimum Gasteiger partial charge on any atom is -0.467 e. The lowest BCUT2D eigenvalue weighted by molar-refractivity contribution is -0.123. The molecule has 0 bridgehead atoms. The lowest BCUT2D eigenvalue weighted by Gasteiger charge is -2.17. The van der Waals surface area contributed by atoms with Gasteiger partial charge in [0.1, 0.15) is 0 Å². The number of hydrogen-bond acceptors (Lipinski definition) is 3. The van der Waals surface area contributed by atoms with Crippen LogP contribution in [0, 0.1) is 17.2 Å². The monoisotopic (exact) mass is 235 g/mol. The SMILES string of the molecule is CC(=O)C(C)OC(=N)/C(=C(\C)C1CC1)C1CC1. The van der Waals surface area contributed by atoms with Crippen molar-refractivity contribution in [1.82, 2.24) is 0 Å². The number of ether oxygens (including phenoxy) is 1. The predicted octanol–water partition coefficient (Wildman–Crippen LogP) is 3.09. The Labute approximate surface area is 103 Å². The van der Waals surface area contributed by atoms with Crippen LogP contribution in [-0.2, 0) is 9.53 Å². The van der Waals surface area contributed by atoms with Gasteiger partial charge in [0.2, 0.25) is 5.90 Å². The molecule has 2 rings (SSSR count). The summed E-state index contributed by atoms with van der Waals surface area (Å²) in [6.07, 6.45) is 4.33. The minimum atomic E-state index is -0.497. The van der Waals surface area contributed by atoms with E-state index >= 15 is 0 Å². The summed E-state index contributed by atoms with van der Waals surface area (Å²) in [4.78, 5) is 11.2. The van der Waals surface area contributed by atoms with E-state index in [0.717, 1.165) is 5.57 Å². The standard InChI is InChI=1S/C14H21NO2/c1-8(11-4-5-11)13(12-6-7-12)14(15)17-10(3)9(2)16/h10-12,15H,4-7H2,1-3H3/b13-8+,15-14?. The molecular formula is C14H21NO2. The first-order chi connectivity index (χ1) is 8.00. The molecule has 1 N–H and O–H groups in total. The highest BCUT2D eigenvalue weighted by Crippen LogP contribution is 2.45. The van der Waals surface area contributed by atoms with Gasteiger partial charge in [-0.1, -0.05) is 5.57 Å². The molecule has 0 aromatic heterocycles. The van der Waals surface area contributed by atoms with E-state index in [-0.39, 0.29) is 11.7 Å². The molecule has 0 saturated heterocycles. The third kappa shape index (κ3) is 2.96. The number of allylic oxidation sites excluding steroid dienone is 1. The number of nitrogens with one attached hydrogen (secondary N) is 1. The number of hydrogen-bond donors (Lipinski definition) is 1. The van der Waals surface area contributed by atoms with E-state index in [1.165, 1.54) is 38.2 Å². The van der Waals surface area contributed by atoms with Crippen LogP contribution in [0.25, 0.3) is 0 Å². The van der Waals surface area contributed by atoms with Gasteiger partial charge in [-0.15, -0.1) is 0 Å². The van der Waals surface area contributed by atoms with Crippen molar-refractivity contribution in [3.8, 4) is 0 Å². The van der Waals surface area contributed by atoms with Gasteiger partial charge >= 0.3 is 0 Å². The van der Waals surface area contributed by atoms with Gasteiger partial charge in [0.15, 0.2) is 11.9 Å². The summed E-state index contributed by atoms with van der Waals surface area (Å²) >= 11 is 0. The Kier molecular flexibility index (Phi) is 3.36. The Balaban J connectivity index is 2.08. The molecule has 3 heteroatoms. The predicted molar refractivity (Wildman–Crippen MR) is 67.1 cm³/mol. The van der Waals surface area contributed by atoms with Crippen LogP contribution < -0.4 is 0 Å². The zero-order valence-corrected chi connectivity index (χ0v) is 10.9. The van der Waals surface area contributed by atoms with Crippen LogP contribution in [0.1, 0.15) is 46.5 Å². The molecule has 0 amide bonds. The first-order valence-corrected chi connectivity index (χ1v) is 6.47. The number of Topliss-reactive ketones (excluding diaryl/α,β-unsaturated/α-hetero) is 1. The van der Waals surface area contributed by atoms with E-state index in [1.54, 1.807) is 6.92 Å². The number of carbonyl (C=O) groups excluding carboxylic acids is 1. The van der Waals surface area contributed by atoms with Crippen LogP contribution in [0.3, 0.4) is 0 Å². The highest BCUT2D eigenvalue weighted by molar-refractivity contribution is 5.95. The third-order valence-electron chi connectivity index (χ3n) is 3.71. The average molecular weight is 235 g/mol. The Bertz CT molecular complexity index is 376. The molecule has 2 saturated carbocycles. The summed E-state index contributed by atoms with van der Waals surface area (Å²) in [5, 5.41) is 8.06. The van der Waals surface area contributed by atoms with Crippen molar-refractivity contribution in [2.24, 2.45) is 11.8 Å². The van der Waals surface area contributed by atoms with Crippen LogP contribution in [-0.4, -0.2) is 17.8 Å². The van der Waals surface area contributed by atoms with Crippen LogP contribution in [0.4, 0.5) is 0 Å². The molecular weight excluding hydrogens is 214 g/mol. The van der Waals surface area contributed by atoms with Gasteiger partial charge < -0.3 is 4.74 Å². The van der Waals surface area contributed by atoms with E-state index < -0.39 is 6.10 Å². The Morgan fingerprint density at radius 1 is 1.18 bits per heavy atom. The molecule has 3 nitrogen and oxygen atoms in total. The Morgan fingerprint density at radius 2 is 1.71 bits per heavy atom. The molecule has 1 unspecified atom stereocenters. The summed E-state index contributed by atoms with van der Waals surface area (Å²) in [7, 11) is 0. The smallest absolute Gasteiger partial charge is 0.209 e. The summed E-state index contributed by atoms with van der Waals surface area (Å²) in [6, 6.07) is 0. The van der Waals surface area contributed by atoms with Gasteiger partial charge in [-0.25, -0.2) is 0 Å². The van der Waals surface area contributed by atoms with Crippen molar-refractivity contribution in [3.05, 3.63) is 11.1 Å². The molecule has 2 fully saturated rings. The molecule has 1 atom stereocenters.